The number of aryl methyl sites for hydroxylation is 1. The van der Waals surface area contributed by atoms with E-state index >= 15 is 0 Å². The van der Waals surface area contributed by atoms with Gasteiger partial charge in [-0.2, -0.15) is 0 Å². The molecule has 2 nitrogen and oxygen atoms in total. The first-order valence-electron chi connectivity index (χ1n) is 8.19. The Morgan fingerprint density at radius 2 is 1.95 bits per heavy atom. The molecule has 1 unspecified atom stereocenters. The molecule has 118 valence electrons. The number of anilines is 1. The lowest BCUT2D eigenvalue weighted by Gasteiger charge is -2.50. The fourth-order valence-corrected chi connectivity index (χ4v) is 3.42. The SMILES string of the molecule is CCC1(CC)CN(c2cc(C)cc(F)c2)C(C(C)C)CN1. The van der Waals surface area contributed by atoms with Crippen LogP contribution in [0.2, 0.25) is 0 Å². The molecule has 1 fully saturated rings. The van der Waals surface area contributed by atoms with Crippen molar-refractivity contribution in [1.29, 1.82) is 0 Å². The van der Waals surface area contributed by atoms with E-state index in [-0.39, 0.29) is 11.4 Å². The average molecular weight is 292 g/mol. The van der Waals surface area contributed by atoms with Gasteiger partial charge in [-0.25, -0.2) is 4.39 Å². The van der Waals surface area contributed by atoms with Crippen LogP contribution in [-0.2, 0) is 0 Å². The van der Waals surface area contributed by atoms with Crippen molar-refractivity contribution in [2.45, 2.75) is 59.0 Å². The van der Waals surface area contributed by atoms with Crippen molar-refractivity contribution >= 4 is 5.69 Å². The standard InChI is InChI=1S/C18H29FN2/c1-6-18(7-2)12-21(17(11-20-18)13(3)4)16-9-14(5)8-15(19)10-16/h8-10,13,17,20H,6-7,11-12H2,1-5H3. The highest BCUT2D eigenvalue weighted by Crippen LogP contribution is 2.31. The van der Waals surface area contributed by atoms with Crippen LogP contribution in [0, 0.1) is 18.7 Å². The van der Waals surface area contributed by atoms with Gasteiger partial charge < -0.3 is 10.2 Å². The van der Waals surface area contributed by atoms with Crippen LogP contribution in [0.1, 0.15) is 46.1 Å². The summed E-state index contributed by atoms with van der Waals surface area (Å²) in [4.78, 5) is 2.42. The Morgan fingerprint density at radius 1 is 1.29 bits per heavy atom. The summed E-state index contributed by atoms with van der Waals surface area (Å²) in [5, 5.41) is 3.76. The lowest BCUT2D eigenvalue weighted by molar-refractivity contribution is 0.227. The number of halogens is 1. The second kappa shape index (κ2) is 6.35. The average Bonchev–Trinajstić information content (AvgIpc) is 2.45. The minimum atomic E-state index is -0.135. The first-order valence-corrected chi connectivity index (χ1v) is 8.19. The van der Waals surface area contributed by atoms with Gasteiger partial charge in [-0.1, -0.05) is 27.7 Å². The zero-order valence-electron chi connectivity index (χ0n) is 14.0. The number of rotatable bonds is 4. The molecule has 0 aromatic heterocycles. The molecule has 2 rings (SSSR count). The van der Waals surface area contributed by atoms with Gasteiger partial charge in [0.2, 0.25) is 0 Å². The molecule has 0 amide bonds. The molecule has 1 aromatic carbocycles. The van der Waals surface area contributed by atoms with Crippen LogP contribution in [-0.4, -0.2) is 24.7 Å². The Kier molecular flexibility index (Phi) is 4.92. The highest BCUT2D eigenvalue weighted by Gasteiger charge is 2.38. The summed E-state index contributed by atoms with van der Waals surface area (Å²) < 4.78 is 13.8. The third-order valence-corrected chi connectivity index (χ3v) is 5.04. The number of piperazine rings is 1. The predicted molar refractivity (Wildman–Crippen MR) is 88.4 cm³/mol. The monoisotopic (exact) mass is 292 g/mol. The van der Waals surface area contributed by atoms with Crippen LogP contribution in [0.25, 0.3) is 0 Å². The smallest absolute Gasteiger partial charge is 0.125 e. The molecule has 1 atom stereocenters. The highest BCUT2D eigenvalue weighted by atomic mass is 19.1. The van der Waals surface area contributed by atoms with E-state index in [0.29, 0.717) is 12.0 Å². The normalized spacial score (nSPS) is 21.9. The van der Waals surface area contributed by atoms with Crippen molar-refractivity contribution in [3.8, 4) is 0 Å². The van der Waals surface area contributed by atoms with E-state index < -0.39 is 0 Å². The van der Waals surface area contributed by atoms with Crippen LogP contribution in [0.15, 0.2) is 18.2 Å². The summed E-state index contributed by atoms with van der Waals surface area (Å²) in [6, 6.07) is 5.81. The maximum atomic E-state index is 13.8. The van der Waals surface area contributed by atoms with Gasteiger partial charge in [0.05, 0.1) is 0 Å². The van der Waals surface area contributed by atoms with Gasteiger partial charge in [-0.05, 0) is 49.4 Å². The first-order chi connectivity index (χ1) is 9.90. The van der Waals surface area contributed by atoms with E-state index in [2.05, 4.69) is 44.0 Å². The van der Waals surface area contributed by atoms with Crippen molar-refractivity contribution < 1.29 is 4.39 Å². The predicted octanol–water partition coefficient (Wildman–Crippen LogP) is 4.13. The lowest BCUT2D eigenvalue weighted by atomic mass is 9.86. The molecular weight excluding hydrogens is 263 g/mol. The van der Waals surface area contributed by atoms with Crippen LogP contribution in [0.5, 0.6) is 0 Å². The Hall–Kier alpha value is -1.09. The van der Waals surface area contributed by atoms with Gasteiger partial charge in [0.15, 0.2) is 0 Å². The van der Waals surface area contributed by atoms with Gasteiger partial charge in [0.1, 0.15) is 5.82 Å². The van der Waals surface area contributed by atoms with Gasteiger partial charge in [-0.15, -0.1) is 0 Å². The fourth-order valence-electron chi connectivity index (χ4n) is 3.42. The lowest BCUT2D eigenvalue weighted by Crippen LogP contribution is -2.65. The Labute approximate surface area is 128 Å². The van der Waals surface area contributed by atoms with E-state index in [9.17, 15) is 4.39 Å². The summed E-state index contributed by atoms with van der Waals surface area (Å²) in [6.45, 7) is 12.8. The maximum Gasteiger partial charge on any atom is 0.125 e. The number of benzene rings is 1. The molecule has 1 N–H and O–H groups in total. The molecule has 21 heavy (non-hydrogen) atoms. The van der Waals surface area contributed by atoms with Crippen LogP contribution < -0.4 is 10.2 Å². The molecule has 3 heteroatoms. The second-order valence-electron chi connectivity index (χ2n) is 6.79. The van der Waals surface area contributed by atoms with E-state index in [1.807, 2.05) is 6.92 Å². The number of hydrogen-bond acceptors (Lipinski definition) is 2. The molecule has 1 aromatic rings. The molecule has 0 aliphatic carbocycles. The van der Waals surface area contributed by atoms with Crippen molar-refractivity contribution in [3.05, 3.63) is 29.6 Å². The third kappa shape index (κ3) is 3.39. The first kappa shape index (κ1) is 16.3. The zero-order valence-corrected chi connectivity index (χ0v) is 14.0. The van der Waals surface area contributed by atoms with Crippen molar-refractivity contribution in [3.63, 3.8) is 0 Å². The molecule has 0 saturated carbocycles. The third-order valence-electron chi connectivity index (χ3n) is 5.04. The minimum absolute atomic E-state index is 0.135. The van der Waals surface area contributed by atoms with Crippen LogP contribution in [0.4, 0.5) is 10.1 Å². The second-order valence-corrected chi connectivity index (χ2v) is 6.79. The maximum absolute atomic E-state index is 13.8. The van der Waals surface area contributed by atoms with Gasteiger partial charge in [0.25, 0.3) is 0 Å². The van der Waals surface area contributed by atoms with Gasteiger partial charge in [-0.3, -0.25) is 0 Å². The summed E-state index contributed by atoms with van der Waals surface area (Å²) in [5.74, 6) is 0.400. The van der Waals surface area contributed by atoms with Crippen LogP contribution in [0.3, 0.4) is 0 Å². The molecular formula is C18H29FN2. The largest absolute Gasteiger partial charge is 0.365 e. The Morgan fingerprint density at radius 3 is 2.48 bits per heavy atom. The van der Waals surface area contributed by atoms with E-state index in [0.717, 1.165) is 37.2 Å². The number of nitrogens with zero attached hydrogens (tertiary/aromatic N) is 1. The highest BCUT2D eigenvalue weighted by molar-refractivity contribution is 5.51. The van der Waals surface area contributed by atoms with E-state index in [1.54, 1.807) is 12.1 Å². The van der Waals surface area contributed by atoms with Crippen molar-refractivity contribution in [1.82, 2.24) is 5.32 Å². The quantitative estimate of drug-likeness (QED) is 0.897. The Balaban J connectivity index is 2.37. The fraction of sp³-hybridized carbons (Fsp3) is 0.667. The summed E-state index contributed by atoms with van der Waals surface area (Å²) >= 11 is 0. The molecule has 0 spiro atoms. The van der Waals surface area contributed by atoms with Gasteiger partial charge >= 0.3 is 0 Å². The molecule has 0 bridgehead atoms. The summed E-state index contributed by atoms with van der Waals surface area (Å²) in [6.07, 6.45) is 2.19. The summed E-state index contributed by atoms with van der Waals surface area (Å²) in [5.41, 5.74) is 2.16. The number of nitrogens with one attached hydrogen (secondary N) is 1. The van der Waals surface area contributed by atoms with Crippen molar-refractivity contribution in [2.75, 3.05) is 18.0 Å². The molecule has 1 aliphatic rings. The van der Waals surface area contributed by atoms with E-state index in [1.165, 1.54) is 0 Å². The van der Waals surface area contributed by atoms with Gasteiger partial charge in [0, 0.05) is 30.4 Å². The topological polar surface area (TPSA) is 15.3 Å². The molecule has 0 radical (unpaired) electrons. The molecule has 1 aliphatic heterocycles. The Bertz CT molecular complexity index is 460. The molecule has 1 heterocycles. The molecule has 1 saturated heterocycles. The van der Waals surface area contributed by atoms with E-state index in [4.69, 9.17) is 0 Å². The van der Waals surface area contributed by atoms with Crippen molar-refractivity contribution in [2.24, 2.45) is 5.92 Å². The minimum Gasteiger partial charge on any atom is -0.365 e. The number of hydrogen-bond donors (Lipinski definition) is 1. The van der Waals surface area contributed by atoms with Crippen LogP contribution >= 0.6 is 0 Å². The summed E-state index contributed by atoms with van der Waals surface area (Å²) in [7, 11) is 0. The zero-order chi connectivity index (χ0) is 15.6.